The van der Waals surface area contributed by atoms with Crippen LogP contribution in [0.1, 0.15) is 40.9 Å². The number of aromatic amines is 1. The zero-order chi connectivity index (χ0) is 18.5. The van der Waals surface area contributed by atoms with Crippen molar-refractivity contribution in [3.05, 3.63) is 52.9 Å². The monoisotopic (exact) mass is 355 g/mol. The Morgan fingerprint density at radius 2 is 2.00 bits per heavy atom. The average molecular weight is 355 g/mol. The average Bonchev–Trinajstić information content (AvgIpc) is 3.04. The molecule has 1 aromatic heterocycles. The number of allylic oxidation sites excluding steroid dienone is 1. The number of H-pyrrole nitrogens is 1. The van der Waals surface area contributed by atoms with E-state index in [0.29, 0.717) is 0 Å². The summed E-state index contributed by atoms with van der Waals surface area (Å²) in [6.07, 6.45) is 7.46. The van der Waals surface area contributed by atoms with Crippen LogP contribution in [0.25, 0.3) is 0 Å². The molecule has 0 unspecified atom stereocenters. The van der Waals surface area contributed by atoms with Crippen molar-refractivity contribution in [2.45, 2.75) is 45.2 Å². The SMILES string of the molecule is C=CCc1cc(CN(C)Cc2n[nH]c3c2CCCC3)cc(OC)c1OC. The van der Waals surface area contributed by atoms with Crippen LogP contribution in [0, 0.1) is 0 Å². The van der Waals surface area contributed by atoms with Crippen LogP contribution in [0.2, 0.25) is 0 Å². The highest BCUT2D eigenvalue weighted by Crippen LogP contribution is 2.33. The number of aryl methyl sites for hydroxylation is 1. The van der Waals surface area contributed by atoms with Crippen LogP contribution in [0.4, 0.5) is 0 Å². The first kappa shape index (κ1) is 18.5. The number of ether oxygens (including phenoxy) is 2. The Kier molecular flexibility index (Phi) is 5.99. The van der Waals surface area contributed by atoms with Crippen LogP contribution >= 0.6 is 0 Å². The number of rotatable bonds is 8. The molecule has 0 bridgehead atoms. The smallest absolute Gasteiger partial charge is 0.164 e. The van der Waals surface area contributed by atoms with Crippen LogP contribution in [0.5, 0.6) is 11.5 Å². The summed E-state index contributed by atoms with van der Waals surface area (Å²) in [6.45, 7) is 5.52. The van der Waals surface area contributed by atoms with Gasteiger partial charge in [-0.1, -0.05) is 12.1 Å². The fourth-order valence-corrected chi connectivity index (χ4v) is 3.81. The number of aromatic nitrogens is 2. The van der Waals surface area contributed by atoms with Gasteiger partial charge in [-0.3, -0.25) is 10.00 Å². The third-order valence-corrected chi connectivity index (χ3v) is 4.99. The Labute approximate surface area is 156 Å². The zero-order valence-electron chi connectivity index (χ0n) is 16.1. The van der Waals surface area contributed by atoms with Gasteiger partial charge in [0.15, 0.2) is 11.5 Å². The summed E-state index contributed by atoms with van der Waals surface area (Å²) in [5.41, 5.74) is 6.25. The highest BCUT2D eigenvalue weighted by molar-refractivity contribution is 5.50. The molecular weight excluding hydrogens is 326 g/mol. The van der Waals surface area contributed by atoms with E-state index in [4.69, 9.17) is 9.47 Å². The van der Waals surface area contributed by atoms with Crippen molar-refractivity contribution in [2.75, 3.05) is 21.3 Å². The summed E-state index contributed by atoms with van der Waals surface area (Å²) in [7, 11) is 5.49. The lowest BCUT2D eigenvalue weighted by Crippen LogP contribution is -2.19. The second-order valence-corrected chi connectivity index (χ2v) is 6.99. The van der Waals surface area contributed by atoms with Crippen molar-refractivity contribution in [3.8, 4) is 11.5 Å². The molecule has 1 aromatic carbocycles. The quantitative estimate of drug-likeness (QED) is 0.734. The molecule has 1 aliphatic carbocycles. The molecule has 0 radical (unpaired) electrons. The minimum Gasteiger partial charge on any atom is -0.493 e. The van der Waals surface area contributed by atoms with Gasteiger partial charge >= 0.3 is 0 Å². The number of hydrogen-bond donors (Lipinski definition) is 1. The van der Waals surface area contributed by atoms with Gasteiger partial charge in [-0.25, -0.2) is 0 Å². The molecule has 0 atom stereocenters. The van der Waals surface area contributed by atoms with Gasteiger partial charge < -0.3 is 9.47 Å². The normalized spacial score (nSPS) is 13.5. The van der Waals surface area contributed by atoms with Gasteiger partial charge in [0.25, 0.3) is 0 Å². The zero-order valence-corrected chi connectivity index (χ0v) is 16.1. The molecule has 0 saturated carbocycles. The maximum absolute atomic E-state index is 5.53. The van der Waals surface area contributed by atoms with Gasteiger partial charge in [0.05, 0.1) is 19.9 Å². The first-order valence-electron chi connectivity index (χ1n) is 9.24. The molecule has 1 heterocycles. The Morgan fingerprint density at radius 1 is 1.19 bits per heavy atom. The van der Waals surface area contributed by atoms with Crippen LogP contribution in [-0.4, -0.2) is 36.4 Å². The van der Waals surface area contributed by atoms with E-state index < -0.39 is 0 Å². The van der Waals surface area contributed by atoms with E-state index in [1.165, 1.54) is 35.4 Å². The first-order valence-corrected chi connectivity index (χ1v) is 9.24. The van der Waals surface area contributed by atoms with Gasteiger partial charge in [0.1, 0.15) is 0 Å². The van der Waals surface area contributed by atoms with E-state index >= 15 is 0 Å². The molecule has 0 spiro atoms. The number of nitrogens with zero attached hydrogens (tertiary/aromatic N) is 2. The lowest BCUT2D eigenvalue weighted by Gasteiger charge is -2.20. The van der Waals surface area contributed by atoms with E-state index in [0.717, 1.165) is 49.4 Å². The van der Waals surface area contributed by atoms with Crippen LogP contribution in [-0.2, 0) is 32.4 Å². The molecule has 0 fully saturated rings. The number of fused-ring (bicyclic) bond motifs is 1. The Balaban J connectivity index is 1.76. The Hall–Kier alpha value is -2.27. The van der Waals surface area contributed by atoms with Crippen LogP contribution in [0.15, 0.2) is 24.8 Å². The van der Waals surface area contributed by atoms with Crippen molar-refractivity contribution < 1.29 is 9.47 Å². The minimum atomic E-state index is 0.754. The molecule has 5 nitrogen and oxygen atoms in total. The summed E-state index contributed by atoms with van der Waals surface area (Å²) in [5.74, 6) is 1.56. The van der Waals surface area contributed by atoms with E-state index in [1.54, 1.807) is 14.2 Å². The lowest BCUT2D eigenvalue weighted by molar-refractivity contribution is 0.311. The van der Waals surface area contributed by atoms with Crippen molar-refractivity contribution in [1.29, 1.82) is 0 Å². The third-order valence-electron chi connectivity index (χ3n) is 4.99. The summed E-state index contributed by atoms with van der Waals surface area (Å²) in [6, 6.07) is 4.24. The molecule has 2 aromatic rings. The fraction of sp³-hybridized carbons (Fsp3) is 0.476. The first-order chi connectivity index (χ1) is 12.7. The number of benzene rings is 1. The van der Waals surface area contributed by atoms with E-state index in [1.807, 2.05) is 6.08 Å². The third kappa shape index (κ3) is 3.93. The lowest BCUT2D eigenvalue weighted by atomic mass is 9.96. The van der Waals surface area contributed by atoms with E-state index in [9.17, 15) is 0 Å². The van der Waals surface area contributed by atoms with Gasteiger partial charge in [0.2, 0.25) is 0 Å². The molecule has 1 aliphatic rings. The highest BCUT2D eigenvalue weighted by Gasteiger charge is 2.18. The van der Waals surface area contributed by atoms with Gasteiger partial charge in [-0.2, -0.15) is 5.10 Å². The second-order valence-electron chi connectivity index (χ2n) is 6.99. The molecule has 0 aliphatic heterocycles. The summed E-state index contributed by atoms with van der Waals surface area (Å²) in [4.78, 5) is 2.30. The largest absolute Gasteiger partial charge is 0.493 e. The molecule has 3 rings (SSSR count). The Bertz CT molecular complexity index is 767. The topological polar surface area (TPSA) is 50.4 Å². The minimum absolute atomic E-state index is 0.754. The van der Waals surface area contributed by atoms with E-state index in [-0.39, 0.29) is 0 Å². The van der Waals surface area contributed by atoms with Crippen molar-refractivity contribution in [1.82, 2.24) is 15.1 Å². The molecule has 26 heavy (non-hydrogen) atoms. The number of methoxy groups -OCH3 is 2. The maximum atomic E-state index is 5.53. The van der Waals surface area contributed by atoms with Crippen LogP contribution < -0.4 is 9.47 Å². The maximum Gasteiger partial charge on any atom is 0.164 e. The van der Waals surface area contributed by atoms with E-state index in [2.05, 4.69) is 40.9 Å². The molecule has 0 amide bonds. The summed E-state index contributed by atoms with van der Waals surface area (Å²) in [5, 5.41) is 7.79. The van der Waals surface area contributed by atoms with Crippen molar-refractivity contribution in [3.63, 3.8) is 0 Å². The summed E-state index contributed by atoms with van der Waals surface area (Å²) < 4.78 is 11.1. The van der Waals surface area contributed by atoms with Crippen molar-refractivity contribution in [2.24, 2.45) is 0 Å². The standard InChI is InChI=1S/C21H29N3O2/c1-5-8-16-11-15(12-20(25-3)21(16)26-4)13-24(2)14-19-17-9-6-7-10-18(17)22-23-19/h5,11-12H,1,6-10,13-14H2,2-4H3,(H,22,23). The fourth-order valence-electron chi connectivity index (χ4n) is 3.81. The molecule has 1 N–H and O–H groups in total. The van der Waals surface area contributed by atoms with Gasteiger partial charge in [-0.15, -0.1) is 6.58 Å². The predicted molar refractivity (Wildman–Crippen MR) is 104 cm³/mol. The molecular formula is C21H29N3O2. The molecule has 5 heteroatoms. The van der Waals surface area contributed by atoms with Crippen molar-refractivity contribution >= 4 is 0 Å². The van der Waals surface area contributed by atoms with Gasteiger partial charge in [-0.05, 0) is 56.3 Å². The van der Waals surface area contributed by atoms with Gasteiger partial charge in [0, 0.05) is 24.3 Å². The second kappa shape index (κ2) is 8.41. The summed E-state index contributed by atoms with van der Waals surface area (Å²) >= 11 is 0. The number of nitrogens with one attached hydrogen (secondary N) is 1. The number of hydrogen-bond acceptors (Lipinski definition) is 4. The van der Waals surface area contributed by atoms with Crippen LogP contribution in [0.3, 0.4) is 0 Å². The molecule has 140 valence electrons. The Morgan fingerprint density at radius 3 is 2.73 bits per heavy atom. The molecule has 0 saturated heterocycles. The highest BCUT2D eigenvalue weighted by atomic mass is 16.5. The predicted octanol–water partition coefficient (Wildman–Crippen LogP) is 3.67.